The SMILES string of the molecule is Cc1ccc(CNC(=O)c2ccc(C#CCN)s2)o1. The summed E-state index contributed by atoms with van der Waals surface area (Å²) in [6.45, 7) is 2.57. The molecule has 0 unspecified atom stereocenters. The van der Waals surface area contributed by atoms with Crippen LogP contribution in [0.25, 0.3) is 0 Å². The van der Waals surface area contributed by atoms with E-state index in [0.29, 0.717) is 18.0 Å². The van der Waals surface area contributed by atoms with E-state index in [1.54, 1.807) is 6.07 Å². The van der Waals surface area contributed by atoms with Crippen LogP contribution in [0.2, 0.25) is 0 Å². The van der Waals surface area contributed by atoms with Gasteiger partial charge in [0, 0.05) is 0 Å². The van der Waals surface area contributed by atoms with E-state index in [0.717, 1.165) is 16.4 Å². The van der Waals surface area contributed by atoms with Crippen molar-refractivity contribution >= 4 is 17.2 Å². The highest BCUT2D eigenvalue weighted by molar-refractivity contribution is 7.14. The van der Waals surface area contributed by atoms with Gasteiger partial charge in [0.2, 0.25) is 0 Å². The molecule has 0 spiro atoms. The molecule has 2 aromatic rings. The molecule has 0 aliphatic rings. The highest BCUT2D eigenvalue weighted by atomic mass is 32.1. The fourth-order valence-corrected chi connectivity index (χ4v) is 2.30. The number of hydrogen-bond donors (Lipinski definition) is 2. The van der Waals surface area contributed by atoms with Gasteiger partial charge in [-0.05, 0) is 31.2 Å². The number of rotatable bonds is 3. The van der Waals surface area contributed by atoms with Crippen LogP contribution in [0, 0.1) is 18.8 Å². The molecular formula is C14H14N2O2S. The summed E-state index contributed by atoms with van der Waals surface area (Å²) in [4.78, 5) is 13.4. The molecule has 1 amide bonds. The maximum Gasteiger partial charge on any atom is 0.261 e. The Morgan fingerprint density at radius 1 is 1.42 bits per heavy atom. The van der Waals surface area contributed by atoms with E-state index in [1.807, 2.05) is 25.1 Å². The minimum Gasteiger partial charge on any atom is -0.465 e. The average Bonchev–Trinajstić information content (AvgIpc) is 3.02. The molecule has 2 aromatic heterocycles. The number of furan rings is 1. The van der Waals surface area contributed by atoms with Gasteiger partial charge >= 0.3 is 0 Å². The average molecular weight is 274 g/mol. The Kier molecular flexibility index (Phi) is 4.39. The molecule has 2 rings (SSSR count). The Morgan fingerprint density at radius 3 is 2.95 bits per heavy atom. The van der Waals surface area contributed by atoms with Gasteiger partial charge < -0.3 is 15.5 Å². The molecule has 0 atom stereocenters. The van der Waals surface area contributed by atoms with Crippen LogP contribution in [-0.2, 0) is 6.54 Å². The maximum atomic E-state index is 11.9. The Hall–Kier alpha value is -2.03. The molecular weight excluding hydrogens is 260 g/mol. The zero-order valence-electron chi connectivity index (χ0n) is 10.5. The zero-order valence-corrected chi connectivity index (χ0v) is 11.3. The first-order valence-corrected chi connectivity index (χ1v) is 6.63. The molecule has 19 heavy (non-hydrogen) atoms. The van der Waals surface area contributed by atoms with E-state index < -0.39 is 0 Å². The van der Waals surface area contributed by atoms with Gasteiger partial charge in [-0.2, -0.15) is 0 Å². The Balaban J connectivity index is 1.94. The second-order valence-corrected chi connectivity index (χ2v) is 4.95. The van der Waals surface area contributed by atoms with Gasteiger partial charge in [-0.1, -0.05) is 11.8 Å². The number of nitrogens with two attached hydrogens (primary N) is 1. The van der Waals surface area contributed by atoms with Gasteiger partial charge in [-0.3, -0.25) is 4.79 Å². The molecule has 0 radical (unpaired) electrons. The van der Waals surface area contributed by atoms with E-state index in [2.05, 4.69) is 17.2 Å². The summed E-state index contributed by atoms with van der Waals surface area (Å²) < 4.78 is 5.38. The second kappa shape index (κ2) is 6.23. The summed E-state index contributed by atoms with van der Waals surface area (Å²) in [6, 6.07) is 7.29. The van der Waals surface area contributed by atoms with Gasteiger partial charge in [0.1, 0.15) is 11.5 Å². The van der Waals surface area contributed by atoms with Gasteiger partial charge in [-0.25, -0.2) is 0 Å². The Labute approximate surface area is 115 Å². The summed E-state index contributed by atoms with van der Waals surface area (Å²) in [7, 11) is 0. The first kappa shape index (κ1) is 13.4. The van der Waals surface area contributed by atoms with E-state index >= 15 is 0 Å². The van der Waals surface area contributed by atoms with E-state index in [1.165, 1.54) is 11.3 Å². The van der Waals surface area contributed by atoms with E-state index in [9.17, 15) is 4.79 Å². The van der Waals surface area contributed by atoms with E-state index in [4.69, 9.17) is 10.2 Å². The van der Waals surface area contributed by atoms with Crippen molar-refractivity contribution in [1.29, 1.82) is 0 Å². The summed E-state index contributed by atoms with van der Waals surface area (Å²) in [6.07, 6.45) is 0. The van der Waals surface area contributed by atoms with Crippen LogP contribution >= 0.6 is 11.3 Å². The number of nitrogens with one attached hydrogen (secondary N) is 1. The van der Waals surface area contributed by atoms with Crippen molar-refractivity contribution in [1.82, 2.24) is 5.32 Å². The molecule has 3 N–H and O–H groups in total. The lowest BCUT2D eigenvalue weighted by atomic mass is 10.4. The molecule has 0 saturated carbocycles. The van der Waals surface area contributed by atoms with Crippen molar-refractivity contribution in [2.24, 2.45) is 5.73 Å². The smallest absolute Gasteiger partial charge is 0.261 e. The Morgan fingerprint density at radius 2 is 2.26 bits per heavy atom. The fourth-order valence-electron chi connectivity index (χ4n) is 1.50. The van der Waals surface area contributed by atoms with Gasteiger partial charge in [0.25, 0.3) is 5.91 Å². The van der Waals surface area contributed by atoms with Crippen molar-refractivity contribution < 1.29 is 9.21 Å². The Bertz CT molecular complexity index is 631. The molecule has 0 aliphatic heterocycles. The van der Waals surface area contributed by atoms with Crippen LogP contribution in [0.3, 0.4) is 0 Å². The van der Waals surface area contributed by atoms with Crippen LogP contribution in [0.1, 0.15) is 26.1 Å². The predicted molar refractivity (Wildman–Crippen MR) is 74.9 cm³/mol. The summed E-state index contributed by atoms with van der Waals surface area (Å²) >= 11 is 1.35. The fraction of sp³-hybridized carbons (Fsp3) is 0.214. The molecule has 98 valence electrons. The highest BCUT2D eigenvalue weighted by Crippen LogP contribution is 2.15. The summed E-state index contributed by atoms with van der Waals surface area (Å²) in [5.74, 6) is 7.11. The lowest BCUT2D eigenvalue weighted by molar-refractivity contribution is 0.0952. The molecule has 4 nitrogen and oxygen atoms in total. The van der Waals surface area contributed by atoms with Crippen LogP contribution in [0.5, 0.6) is 0 Å². The first-order valence-electron chi connectivity index (χ1n) is 5.81. The van der Waals surface area contributed by atoms with Crippen molar-refractivity contribution in [3.8, 4) is 11.8 Å². The van der Waals surface area contributed by atoms with Crippen LogP contribution in [0.15, 0.2) is 28.7 Å². The number of thiophene rings is 1. The normalized spacial score (nSPS) is 9.79. The van der Waals surface area contributed by atoms with Crippen LogP contribution in [-0.4, -0.2) is 12.5 Å². The minimum absolute atomic E-state index is 0.125. The minimum atomic E-state index is -0.125. The topological polar surface area (TPSA) is 68.3 Å². The third-order valence-electron chi connectivity index (χ3n) is 2.36. The molecule has 0 saturated heterocycles. The third-order valence-corrected chi connectivity index (χ3v) is 3.36. The molecule has 5 heteroatoms. The molecule has 2 heterocycles. The summed E-state index contributed by atoms with van der Waals surface area (Å²) in [5.41, 5.74) is 5.30. The molecule has 0 bridgehead atoms. The third kappa shape index (κ3) is 3.71. The maximum absolute atomic E-state index is 11.9. The second-order valence-electron chi connectivity index (χ2n) is 3.86. The van der Waals surface area contributed by atoms with E-state index in [-0.39, 0.29) is 5.91 Å². The van der Waals surface area contributed by atoms with Crippen molar-refractivity contribution in [2.45, 2.75) is 13.5 Å². The molecule has 0 aromatic carbocycles. The zero-order chi connectivity index (χ0) is 13.7. The van der Waals surface area contributed by atoms with Crippen LogP contribution in [0.4, 0.5) is 0 Å². The highest BCUT2D eigenvalue weighted by Gasteiger charge is 2.09. The number of carbonyl (C=O) groups excluding carboxylic acids is 1. The molecule has 0 aliphatic carbocycles. The number of carbonyl (C=O) groups is 1. The largest absolute Gasteiger partial charge is 0.465 e. The van der Waals surface area contributed by atoms with Crippen molar-refractivity contribution in [3.63, 3.8) is 0 Å². The van der Waals surface area contributed by atoms with Gasteiger partial charge in [0.05, 0.1) is 22.8 Å². The summed E-state index contributed by atoms with van der Waals surface area (Å²) in [5, 5.41) is 2.80. The first-order chi connectivity index (χ1) is 9.19. The lowest BCUT2D eigenvalue weighted by Crippen LogP contribution is -2.21. The quantitative estimate of drug-likeness (QED) is 0.840. The van der Waals surface area contributed by atoms with Crippen LogP contribution < -0.4 is 11.1 Å². The van der Waals surface area contributed by atoms with Gasteiger partial charge in [0.15, 0.2) is 0 Å². The molecule has 0 fully saturated rings. The number of aryl methyl sites for hydroxylation is 1. The van der Waals surface area contributed by atoms with Gasteiger partial charge in [-0.15, -0.1) is 11.3 Å². The number of amides is 1. The monoisotopic (exact) mass is 274 g/mol. The number of hydrogen-bond acceptors (Lipinski definition) is 4. The standard InChI is InChI=1S/C14H14N2O2S/c1-10-4-5-11(18-10)9-16-14(17)13-7-6-12(19-13)3-2-8-15/h4-7H,8-9,15H2,1H3,(H,16,17). The van der Waals surface area contributed by atoms with Crippen molar-refractivity contribution in [3.05, 3.63) is 45.5 Å². The van der Waals surface area contributed by atoms with Crippen molar-refractivity contribution in [2.75, 3.05) is 6.54 Å². The predicted octanol–water partition coefficient (Wildman–Crippen LogP) is 1.89. The lowest BCUT2D eigenvalue weighted by Gasteiger charge is -2.00.